The summed E-state index contributed by atoms with van der Waals surface area (Å²) in [6.45, 7) is 2.21. The summed E-state index contributed by atoms with van der Waals surface area (Å²) in [6, 6.07) is 4.31. The quantitative estimate of drug-likeness (QED) is 0.662. The van der Waals surface area contributed by atoms with E-state index in [1.54, 1.807) is 18.7 Å². The molecule has 1 aromatic rings. The molecular formula is C17H25ClN4O2S2. The van der Waals surface area contributed by atoms with Crippen LogP contribution in [0.25, 0.3) is 4.91 Å². The SMILES string of the molecule is CCS(=O)(=O)NC[C@H]1CC[C@H](Nc2ccc(C3=CCC(Cl)S3)nn2)CC1. The average molecular weight is 417 g/mol. The van der Waals surface area contributed by atoms with Crippen LogP contribution in [-0.2, 0) is 10.0 Å². The summed E-state index contributed by atoms with van der Waals surface area (Å²) in [6.07, 6.45) is 7.01. The summed E-state index contributed by atoms with van der Waals surface area (Å²) in [5.74, 6) is 1.34. The second kappa shape index (κ2) is 8.91. The van der Waals surface area contributed by atoms with Gasteiger partial charge in [-0.25, -0.2) is 13.1 Å². The number of anilines is 1. The lowest BCUT2D eigenvalue weighted by atomic mass is 9.86. The van der Waals surface area contributed by atoms with Crippen LogP contribution in [0.4, 0.5) is 5.82 Å². The molecule has 2 N–H and O–H groups in total. The van der Waals surface area contributed by atoms with Crippen LogP contribution in [-0.4, -0.2) is 41.7 Å². The van der Waals surface area contributed by atoms with Crippen LogP contribution >= 0.6 is 23.4 Å². The molecule has 0 radical (unpaired) electrons. The van der Waals surface area contributed by atoms with Crippen molar-refractivity contribution in [1.82, 2.24) is 14.9 Å². The highest BCUT2D eigenvalue weighted by Gasteiger charge is 2.23. The Balaban J connectivity index is 1.44. The van der Waals surface area contributed by atoms with Crippen LogP contribution in [0.2, 0.25) is 0 Å². The lowest BCUT2D eigenvalue weighted by Crippen LogP contribution is -2.34. The normalized spacial score (nSPS) is 26.5. The van der Waals surface area contributed by atoms with Gasteiger partial charge in [0.2, 0.25) is 10.0 Å². The van der Waals surface area contributed by atoms with Gasteiger partial charge in [-0.05, 0) is 57.1 Å². The summed E-state index contributed by atoms with van der Waals surface area (Å²) in [4.78, 5) is 1.10. The predicted octanol–water partition coefficient (Wildman–Crippen LogP) is 3.43. The topological polar surface area (TPSA) is 84.0 Å². The molecule has 1 atom stereocenters. The number of nitrogens with one attached hydrogen (secondary N) is 2. The molecule has 1 aliphatic heterocycles. The Bertz CT molecular complexity index is 732. The van der Waals surface area contributed by atoms with Crippen LogP contribution in [0.3, 0.4) is 0 Å². The van der Waals surface area contributed by atoms with Crippen molar-refractivity contribution in [1.29, 1.82) is 0 Å². The van der Waals surface area contributed by atoms with Crippen molar-refractivity contribution in [2.24, 2.45) is 5.92 Å². The fourth-order valence-electron chi connectivity index (χ4n) is 3.21. The molecule has 0 amide bonds. The van der Waals surface area contributed by atoms with Gasteiger partial charge >= 0.3 is 0 Å². The molecule has 1 aromatic heterocycles. The minimum atomic E-state index is -3.09. The molecule has 2 heterocycles. The third kappa shape index (κ3) is 5.58. The highest BCUT2D eigenvalue weighted by atomic mass is 35.5. The number of hydrogen-bond donors (Lipinski definition) is 2. The summed E-state index contributed by atoms with van der Waals surface area (Å²) in [5, 5.41) is 12.0. The number of thioether (sulfide) groups is 1. The molecule has 1 aliphatic carbocycles. The Morgan fingerprint density at radius 3 is 2.58 bits per heavy atom. The van der Waals surface area contributed by atoms with Gasteiger partial charge < -0.3 is 5.32 Å². The van der Waals surface area contributed by atoms with Crippen molar-refractivity contribution in [2.75, 3.05) is 17.6 Å². The van der Waals surface area contributed by atoms with Crippen molar-refractivity contribution in [3.63, 3.8) is 0 Å². The maximum Gasteiger partial charge on any atom is 0.211 e. The monoisotopic (exact) mass is 416 g/mol. The molecule has 0 spiro atoms. The molecule has 144 valence electrons. The Morgan fingerprint density at radius 2 is 2.00 bits per heavy atom. The maximum absolute atomic E-state index is 11.5. The molecule has 3 rings (SSSR count). The predicted molar refractivity (Wildman–Crippen MR) is 109 cm³/mol. The summed E-state index contributed by atoms with van der Waals surface area (Å²) >= 11 is 7.72. The zero-order valence-corrected chi connectivity index (χ0v) is 17.2. The Kier molecular flexibility index (Phi) is 6.82. The van der Waals surface area contributed by atoms with Crippen molar-refractivity contribution >= 4 is 44.1 Å². The molecule has 0 aromatic carbocycles. The fourth-order valence-corrected chi connectivity index (χ4v) is 5.17. The molecule has 1 unspecified atom stereocenters. The minimum Gasteiger partial charge on any atom is -0.366 e. The first-order chi connectivity index (χ1) is 12.4. The highest BCUT2D eigenvalue weighted by molar-refractivity contribution is 8.10. The number of nitrogens with zero attached hydrogens (tertiary/aromatic N) is 2. The highest BCUT2D eigenvalue weighted by Crippen LogP contribution is 2.40. The molecule has 2 aliphatic rings. The van der Waals surface area contributed by atoms with E-state index >= 15 is 0 Å². The van der Waals surface area contributed by atoms with Crippen LogP contribution in [0.15, 0.2) is 18.2 Å². The second-order valence-electron chi connectivity index (χ2n) is 6.75. The third-order valence-electron chi connectivity index (χ3n) is 4.83. The largest absolute Gasteiger partial charge is 0.366 e. The maximum atomic E-state index is 11.5. The molecule has 1 fully saturated rings. The van der Waals surface area contributed by atoms with E-state index in [0.29, 0.717) is 18.5 Å². The number of hydrogen-bond acceptors (Lipinski definition) is 6. The van der Waals surface area contributed by atoms with Crippen LogP contribution in [0.1, 0.15) is 44.7 Å². The number of aromatic nitrogens is 2. The molecule has 0 bridgehead atoms. The second-order valence-corrected chi connectivity index (χ2v) is 10.9. The van der Waals surface area contributed by atoms with Crippen LogP contribution < -0.4 is 10.0 Å². The molecule has 26 heavy (non-hydrogen) atoms. The zero-order valence-electron chi connectivity index (χ0n) is 14.8. The Morgan fingerprint density at radius 1 is 1.23 bits per heavy atom. The minimum absolute atomic E-state index is 0.0987. The van der Waals surface area contributed by atoms with Gasteiger partial charge in [0, 0.05) is 17.5 Å². The molecule has 1 saturated carbocycles. The van der Waals surface area contributed by atoms with Gasteiger partial charge in [0.25, 0.3) is 0 Å². The molecule has 0 saturated heterocycles. The van der Waals surface area contributed by atoms with E-state index in [1.165, 1.54) is 0 Å². The Labute approximate surface area is 164 Å². The van der Waals surface area contributed by atoms with E-state index < -0.39 is 10.0 Å². The smallest absolute Gasteiger partial charge is 0.211 e. The van der Waals surface area contributed by atoms with Crippen molar-refractivity contribution in [3.05, 3.63) is 23.9 Å². The Hall–Kier alpha value is -0.830. The van der Waals surface area contributed by atoms with E-state index in [-0.39, 0.29) is 10.5 Å². The first kappa shape index (κ1) is 19.9. The van der Waals surface area contributed by atoms with Gasteiger partial charge in [0.15, 0.2) is 0 Å². The molecule has 9 heteroatoms. The van der Waals surface area contributed by atoms with Crippen LogP contribution in [0.5, 0.6) is 0 Å². The van der Waals surface area contributed by atoms with Gasteiger partial charge in [0.1, 0.15) is 5.82 Å². The summed E-state index contributed by atoms with van der Waals surface area (Å²) in [5.41, 5.74) is 0.871. The van der Waals surface area contributed by atoms with E-state index in [0.717, 1.165) is 48.5 Å². The first-order valence-corrected chi connectivity index (χ1v) is 12.0. The number of rotatable bonds is 7. The lowest BCUT2D eigenvalue weighted by molar-refractivity contribution is 0.337. The van der Waals surface area contributed by atoms with Gasteiger partial charge in [-0.3, -0.25) is 0 Å². The first-order valence-electron chi connectivity index (χ1n) is 9.04. The van der Waals surface area contributed by atoms with Crippen molar-refractivity contribution in [3.8, 4) is 0 Å². The van der Waals surface area contributed by atoms with Gasteiger partial charge in [-0.1, -0.05) is 6.08 Å². The van der Waals surface area contributed by atoms with E-state index in [4.69, 9.17) is 11.6 Å². The summed E-state index contributed by atoms with van der Waals surface area (Å²) in [7, 11) is -3.09. The summed E-state index contributed by atoms with van der Waals surface area (Å²) < 4.78 is 25.9. The van der Waals surface area contributed by atoms with Crippen molar-refractivity contribution < 1.29 is 8.42 Å². The number of sulfonamides is 1. The lowest BCUT2D eigenvalue weighted by Gasteiger charge is -2.29. The van der Waals surface area contributed by atoms with Crippen LogP contribution in [0, 0.1) is 5.92 Å². The van der Waals surface area contributed by atoms with E-state index in [9.17, 15) is 8.42 Å². The number of allylic oxidation sites excluding steroid dienone is 1. The number of alkyl halides is 1. The number of halogens is 1. The van der Waals surface area contributed by atoms with E-state index in [2.05, 4.69) is 26.3 Å². The third-order valence-corrected chi connectivity index (χ3v) is 7.72. The molecule has 6 nitrogen and oxygen atoms in total. The fraction of sp³-hybridized carbons (Fsp3) is 0.647. The van der Waals surface area contributed by atoms with Gasteiger partial charge in [-0.15, -0.1) is 33.6 Å². The van der Waals surface area contributed by atoms with Gasteiger partial charge in [0.05, 0.1) is 16.2 Å². The average Bonchev–Trinajstić information content (AvgIpc) is 3.08. The zero-order chi connectivity index (χ0) is 18.6. The van der Waals surface area contributed by atoms with E-state index in [1.807, 2.05) is 12.1 Å². The van der Waals surface area contributed by atoms with Gasteiger partial charge in [-0.2, -0.15) is 0 Å². The van der Waals surface area contributed by atoms with Crippen molar-refractivity contribution in [2.45, 2.75) is 49.8 Å². The molecular weight excluding hydrogens is 392 g/mol. The standard InChI is InChI=1S/C17H25ClN4O2S2/c1-2-26(23,24)19-11-12-3-5-13(6-4-12)20-17-10-7-14(21-22-17)15-8-9-16(18)25-15/h7-8,10,12-13,16,19H,2-6,9,11H2,1H3,(H,20,22)/t12-,13-,16?.